The summed E-state index contributed by atoms with van der Waals surface area (Å²) in [7, 11) is 0. The van der Waals surface area contributed by atoms with E-state index >= 15 is 0 Å². The van der Waals surface area contributed by atoms with E-state index in [4.69, 9.17) is 9.47 Å². The van der Waals surface area contributed by atoms with E-state index in [1.165, 1.54) is 6.07 Å². The minimum absolute atomic E-state index is 0. The molecule has 3 unspecified atom stereocenters. The van der Waals surface area contributed by atoms with Gasteiger partial charge in [0.2, 0.25) is 0 Å². The summed E-state index contributed by atoms with van der Waals surface area (Å²) in [6, 6.07) is 3.82. The Labute approximate surface area is 176 Å². The van der Waals surface area contributed by atoms with E-state index in [1.54, 1.807) is 0 Å². The summed E-state index contributed by atoms with van der Waals surface area (Å²) >= 11 is 0. The van der Waals surface area contributed by atoms with Gasteiger partial charge in [-0.1, -0.05) is 13.8 Å². The number of nitrogens with one attached hydrogen (secondary N) is 2. The monoisotopic (exact) mass is 495 g/mol. The van der Waals surface area contributed by atoms with Crippen LogP contribution in [0.3, 0.4) is 0 Å². The van der Waals surface area contributed by atoms with Crippen LogP contribution < -0.4 is 15.4 Å². The summed E-state index contributed by atoms with van der Waals surface area (Å²) in [5.74, 6) is -0.242. The fraction of sp³-hybridized carbons (Fsp3) is 0.632. The van der Waals surface area contributed by atoms with Gasteiger partial charge in [-0.05, 0) is 25.5 Å². The fourth-order valence-corrected chi connectivity index (χ4v) is 3.97. The Bertz CT molecular complexity index is 672. The largest absolute Gasteiger partial charge is 0.492 e. The second-order valence-electron chi connectivity index (χ2n) is 7.37. The van der Waals surface area contributed by atoms with Crippen molar-refractivity contribution >= 4 is 29.9 Å². The molecular formula is C19H28F2IN3O2. The molecule has 0 radical (unpaired) electrons. The molecule has 0 bridgehead atoms. The molecule has 152 valence electrons. The van der Waals surface area contributed by atoms with Crippen molar-refractivity contribution in [2.75, 3.05) is 26.3 Å². The molecule has 0 amide bonds. The van der Waals surface area contributed by atoms with Crippen molar-refractivity contribution in [1.29, 1.82) is 0 Å². The Morgan fingerprint density at radius 2 is 2.11 bits per heavy atom. The molecule has 2 aliphatic rings. The van der Waals surface area contributed by atoms with Crippen molar-refractivity contribution in [1.82, 2.24) is 10.6 Å². The molecule has 2 fully saturated rings. The van der Waals surface area contributed by atoms with E-state index in [0.29, 0.717) is 30.4 Å². The first-order valence-corrected chi connectivity index (χ1v) is 9.17. The average molecular weight is 495 g/mol. The lowest BCUT2D eigenvalue weighted by Gasteiger charge is -2.54. The molecule has 1 saturated heterocycles. The standard InChI is InChI=1S/C19H27F2N3O2.HI/c1-4-22-18(24-16-13-7-9-26-17(13)19(16,2)3)23-8-10-25-12-5-6-14(20)15(21)11-12;/h5-6,11,13,16-17H,4,7-10H2,1-3H3,(H2,22,23,24);1H. The number of aliphatic imine (C=N–C) groups is 1. The highest BCUT2D eigenvalue weighted by Crippen LogP contribution is 2.52. The predicted octanol–water partition coefficient (Wildman–Crippen LogP) is 3.33. The molecule has 1 saturated carbocycles. The van der Waals surface area contributed by atoms with Gasteiger partial charge in [0, 0.05) is 36.6 Å². The smallest absolute Gasteiger partial charge is 0.191 e. The third-order valence-electron chi connectivity index (χ3n) is 5.26. The van der Waals surface area contributed by atoms with E-state index < -0.39 is 11.6 Å². The van der Waals surface area contributed by atoms with E-state index in [9.17, 15) is 8.78 Å². The molecule has 1 aliphatic heterocycles. The van der Waals surface area contributed by atoms with Gasteiger partial charge in [-0.25, -0.2) is 13.8 Å². The van der Waals surface area contributed by atoms with Gasteiger partial charge in [0.25, 0.3) is 0 Å². The van der Waals surface area contributed by atoms with Crippen LogP contribution in [0.4, 0.5) is 8.78 Å². The highest BCUT2D eigenvalue weighted by Gasteiger charge is 2.59. The lowest BCUT2D eigenvalue weighted by atomic mass is 9.57. The van der Waals surface area contributed by atoms with E-state index in [1.807, 2.05) is 6.92 Å². The summed E-state index contributed by atoms with van der Waals surface area (Å²) in [5.41, 5.74) is 0.0689. The molecule has 2 N–H and O–H groups in total. The van der Waals surface area contributed by atoms with Crippen molar-refractivity contribution in [3.05, 3.63) is 29.8 Å². The number of ether oxygens (including phenoxy) is 2. The minimum Gasteiger partial charge on any atom is -0.492 e. The maximum absolute atomic E-state index is 13.2. The van der Waals surface area contributed by atoms with E-state index in [-0.39, 0.29) is 36.0 Å². The van der Waals surface area contributed by atoms with Gasteiger partial charge in [0.1, 0.15) is 12.4 Å². The SMILES string of the molecule is CCNC(=NCCOc1ccc(F)c(F)c1)NC1C2CCOC2C1(C)C.I. The highest BCUT2D eigenvalue weighted by atomic mass is 127. The zero-order chi connectivity index (χ0) is 18.7. The number of fused-ring (bicyclic) bond motifs is 1. The van der Waals surface area contributed by atoms with Gasteiger partial charge in [0.05, 0.1) is 12.6 Å². The summed E-state index contributed by atoms with van der Waals surface area (Å²) in [6.07, 6.45) is 1.39. The summed E-state index contributed by atoms with van der Waals surface area (Å²) in [4.78, 5) is 4.53. The van der Waals surface area contributed by atoms with Crippen molar-refractivity contribution < 1.29 is 18.3 Å². The zero-order valence-electron chi connectivity index (χ0n) is 15.9. The van der Waals surface area contributed by atoms with Crippen LogP contribution >= 0.6 is 24.0 Å². The summed E-state index contributed by atoms with van der Waals surface area (Å²) in [5, 5.41) is 6.77. The Morgan fingerprint density at radius 1 is 1.33 bits per heavy atom. The first-order chi connectivity index (χ1) is 12.4. The Morgan fingerprint density at radius 3 is 2.81 bits per heavy atom. The van der Waals surface area contributed by atoms with Crippen molar-refractivity contribution in [2.45, 2.75) is 39.3 Å². The van der Waals surface area contributed by atoms with Crippen LogP contribution in [0.25, 0.3) is 0 Å². The van der Waals surface area contributed by atoms with Gasteiger partial charge in [-0.15, -0.1) is 24.0 Å². The van der Waals surface area contributed by atoms with Gasteiger partial charge >= 0.3 is 0 Å². The maximum atomic E-state index is 13.2. The molecule has 0 spiro atoms. The second-order valence-corrected chi connectivity index (χ2v) is 7.37. The predicted molar refractivity (Wildman–Crippen MR) is 112 cm³/mol. The third kappa shape index (κ3) is 4.82. The zero-order valence-corrected chi connectivity index (χ0v) is 18.3. The number of halogens is 3. The molecule has 27 heavy (non-hydrogen) atoms. The van der Waals surface area contributed by atoms with Crippen LogP contribution in [0.1, 0.15) is 27.2 Å². The normalized spacial score (nSPS) is 25.8. The Balaban J connectivity index is 0.00000261. The molecule has 0 aromatic heterocycles. The quantitative estimate of drug-likeness (QED) is 0.275. The fourth-order valence-electron chi connectivity index (χ4n) is 3.97. The molecule has 1 heterocycles. The molecule has 1 aliphatic carbocycles. The molecule has 3 rings (SSSR count). The number of rotatable bonds is 6. The lowest BCUT2D eigenvalue weighted by molar-refractivity contribution is -0.106. The van der Waals surface area contributed by atoms with Crippen molar-refractivity contribution in [3.8, 4) is 5.75 Å². The third-order valence-corrected chi connectivity index (χ3v) is 5.26. The molecule has 1 aromatic rings. The van der Waals surface area contributed by atoms with Crippen LogP contribution in [-0.2, 0) is 4.74 Å². The molecule has 5 nitrogen and oxygen atoms in total. The number of hydrogen-bond acceptors (Lipinski definition) is 3. The Hall–Kier alpha value is -1.16. The van der Waals surface area contributed by atoms with Gasteiger partial charge in [-0.2, -0.15) is 0 Å². The van der Waals surface area contributed by atoms with Crippen LogP contribution in [0, 0.1) is 23.0 Å². The van der Waals surface area contributed by atoms with Gasteiger partial charge in [0.15, 0.2) is 17.6 Å². The molecular weight excluding hydrogens is 467 g/mol. The minimum atomic E-state index is -0.915. The van der Waals surface area contributed by atoms with E-state index in [0.717, 1.165) is 37.7 Å². The maximum Gasteiger partial charge on any atom is 0.191 e. The molecule has 8 heteroatoms. The lowest BCUT2D eigenvalue weighted by Crippen LogP contribution is -2.68. The number of guanidine groups is 1. The highest BCUT2D eigenvalue weighted by molar-refractivity contribution is 14.0. The second kappa shape index (κ2) is 9.36. The first-order valence-electron chi connectivity index (χ1n) is 9.17. The van der Waals surface area contributed by atoms with Crippen LogP contribution in [-0.4, -0.2) is 44.4 Å². The van der Waals surface area contributed by atoms with Gasteiger partial charge < -0.3 is 20.1 Å². The van der Waals surface area contributed by atoms with Crippen LogP contribution in [0.5, 0.6) is 5.75 Å². The van der Waals surface area contributed by atoms with Crippen LogP contribution in [0.2, 0.25) is 0 Å². The number of nitrogens with zero attached hydrogens (tertiary/aromatic N) is 1. The van der Waals surface area contributed by atoms with Crippen molar-refractivity contribution in [2.24, 2.45) is 16.3 Å². The number of benzene rings is 1. The molecule has 1 aromatic carbocycles. The summed E-state index contributed by atoms with van der Waals surface area (Å²) in [6.45, 7) is 8.72. The van der Waals surface area contributed by atoms with Crippen LogP contribution in [0.15, 0.2) is 23.2 Å². The first kappa shape index (κ1) is 22.1. The topological polar surface area (TPSA) is 54.9 Å². The Kier molecular flexibility index (Phi) is 7.67. The summed E-state index contributed by atoms with van der Waals surface area (Å²) < 4.78 is 37.4. The molecule has 3 atom stereocenters. The van der Waals surface area contributed by atoms with Crippen molar-refractivity contribution in [3.63, 3.8) is 0 Å². The average Bonchev–Trinajstić information content (AvgIpc) is 3.06. The van der Waals surface area contributed by atoms with Gasteiger partial charge in [-0.3, -0.25) is 0 Å². The van der Waals surface area contributed by atoms with E-state index in [2.05, 4.69) is 29.5 Å². The number of hydrogen-bond donors (Lipinski definition) is 2.